The molecule has 3 aromatic carbocycles. The van der Waals surface area contributed by atoms with Gasteiger partial charge in [0.15, 0.2) is 0 Å². The summed E-state index contributed by atoms with van der Waals surface area (Å²) in [5, 5.41) is 5.92. The van der Waals surface area contributed by atoms with Gasteiger partial charge in [0.25, 0.3) is 0 Å². The lowest BCUT2D eigenvalue weighted by molar-refractivity contribution is -0.112. The highest BCUT2D eigenvalue weighted by Crippen LogP contribution is 2.43. The normalized spacial score (nSPS) is 22.7. The number of hydrogen-bond acceptors (Lipinski definition) is 2. The van der Waals surface area contributed by atoms with Gasteiger partial charge in [-0.05, 0) is 77.2 Å². The third kappa shape index (κ3) is 4.36. The molecule has 4 atom stereocenters. The third-order valence-corrected chi connectivity index (χ3v) is 6.42. The fourth-order valence-corrected chi connectivity index (χ4v) is 5.09. The molecule has 1 aliphatic carbocycles. The SMILES string of the molecule is C[C@@H](NC1CCC(c2ccc(F)cc2)C1CC(=O)Cl)c1cccc2ccccc12. The van der Waals surface area contributed by atoms with Gasteiger partial charge in [0.2, 0.25) is 5.24 Å². The number of benzene rings is 3. The van der Waals surface area contributed by atoms with Crippen LogP contribution in [-0.2, 0) is 4.79 Å². The summed E-state index contributed by atoms with van der Waals surface area (Å²) in [5.74, 6) is 0.0642. The van der Waals surface area contributed by atoms with Crippen LogP contribution in [0.2, 0.25) is 0 Å². The molecule has 150 valence electrons. The molecule has 29 heavy (non-hydrogen) atoms. The molecule has 0 aromatic heterocycles. The van der Waals surface area contributed by atoms with Crippen LogP contribution in [0.15, 0.2) is 66.7 Å². The smallest absolute Gasteiger partial charge is 0.221 e. The van der Waals surface area contributed by atoms with Gasteiger partial charge in [-0.25, -0.2) is 4.39 Å². The van der Waals surface area contributed by atoms with Crippen LogP contribution in [0.4, 0.5) is 4.39 Å². The maximum Gasteiger partial charge on any atom is 0.221 e. The van der Waals surface area contributed by atoms with Crippen LogP contribution in [0.5, 0.6) is 0 Å². The molecular weight excluding hydrogens is 385 g/mol. The van der Waals surface area contributed by atoms with E-state index in [2.05, 4.69) is 54.7 Å². The van der Waals surface area contributed by atoms with Gasteiger partial charge in [0.1, 0.15) is 5.82 Å². The molecule has 0 aliphatic heterocycles. The Morgan fingerprint density at radius 2 is 1.79 bits per heavy atom. The summed E-state index contributed by atoms with van der Waals surface area (Å²) in [6.07, 6.45) is 2.25. The van der Waals surface area contributed by atoms with Gasteiger partial charge in [0.05, 0.1) is 0 Å². The Kier molecular flexibility index (Phi) is 5.98. The topological polar surface area (TPSA) is 29.1 Å². The molecule has 1 N–H and O–H groups in total. The zero-order valence-electron chi connectivity index (χ0n) is 16.4. The Morgan fingerprint density at radius 3 is 2.55 bits per heavy atom. The summed E-state index contributed by atoms with van der Waals surface area (Å²) < 4.78 is 13.4. The van der Waals surface area contributed by atoms with E-state index in [-0.39, 0.29) is 35.0 Å². The fourth-order valence-electron chi connectivity index (χ4n) is 4.91. The second kappa shape index (κ2) is 8.64. The minimum absolute atomic E-state index is 0.0999. The van der Waals surface area contributed by atoms with Gasteiger partial charge < -0.3 is 5.32 Å². The molecular formula is C25H25ClFNO. The summed E-state index contributed by atoms with van der Waals surface area (Å²) in [6.45, 7) is 2.17. The van der Waals surface area contributed by atoms with Gasteiger partial charge in [-0.1, -0.05) is 54.6 Å². The highest BCUT2D eigenvalue weighted by atomic mass is 35.5. The lowest BCUT2D eigenvalue weighted by atomic mass is 9.85. The van der Waals surface area contributed by atoms with E-state index in [1.165, 1.54) is 28.5 Å². The fraction of sp³-hybridized carbons (Fsp3) is 0.320. The Labute approximate surface area is 176 Å². The standard InChI is InChI=1S/C25H25ClFNO/c1-16(20-8-4-6-17-5-2-3-7-21(17)20)28-24-14-13-22(23(24)15-25(26)29)18-9-11-19(27)12-10-18/h2-12,16,22-24,28H,13-15H2,1H3/t16-,22?,23?,24?/m1/s1. The van der Waals surface area contributed by atoms with E-state index < -0.39 is 0 Å². The lowest BCUT2D eigenvalue weighted by Gasteiger charge is -2.28. The van der Waals surface area contributed by atoms with Gasteiger partial charge in [-0.3, -0.25) is 4.79 Å². The number of rotatable bonds is 6. The van der Waals surface area contributed by atoms with Crippen LogP contribution in [0.1, 0.15) is 49.3 Å². The largest absolute Gasteiger partial charge is 0.307 e. The van der Waals surface area contributed by atoms with E-state index in [0.717, 1.165) is 18.4 Å². The summed E-state index contributed by atoms with van der Waals surface area (Å²) in [4.78, 5) is 11.8. The molecule has 1 fully saturated rings. The summed E-state index contributed by atoms with van der Waals surface area (Å²) >= 11 is 5.81. The van der Waals surface area contributed by atoms with Gasteiger partial charge in [-0.15, -0.1) is 0 Å². The van der Waals surface area contributed by atoms with E-state index in [9.17, 15) is 9.18 Å². The second-order valence-electron chi connectivity index (χ2n) is 8.02. The second-order valence-corrected chi connectivity index (χ2v) is 8.44. The molecule has 0 saturated heterocycles. The highest BCUT2D eigenvalue weighted by molar-refractivity contribution is 6.63. The van der Waals surface area contributed by atoms with E-state index in [1.807, 2.05) is 12.1 Å². The molecule has 3 unspecified atom stereocenters. The van der Waals surface area contributed by atoms with Crippen molar-refractivity contribution < 1.29 is 9.18 Å². The van der Waals surface area contributed by atoms with Crippen molar-refractivity contribution in [2.45, 2.75) is 44.2 Å². The number of nitrogens with one attached hydrogen (secondary N) is 1. The minimum atomic E-state index is -0.311. The van der Waals surface area contributed by atoms with E-state index in [0.29, 0.717) is 6.42 Å². The maximum atomic E-state index is 13.4. The number of fused-ring (bicyclic) bond motifs is 1. The molecule has 0 radical (unpaired) electrons. The van der Waals surface area contributed by atoms with Crippen LogP contribution in [0.25, 0.3) is 10.8 Å². The zero-order chi connectivity index (χ0) is 20.4. The first-order chi connectivity index (χ1) is 14.0. The van der Waals surface area contributed by atoms with Crippen molar-refractivity contribution in [2.75, 3.05) is 0 Å². The van der Waals surface area contributed by atoms with Crippen molar-refractivity contribution in [1.82, 2.24) is 5.32 Å². The Morgan fingerprint density at radius 1 is 1.07 bits per heavy atom. The van der Waals surface area contributed by atoms with Crippen molar-refractivity contribution in [3.63, 3.8) is 0 Å². The van der Waals surface area contributed by atoms with E-state index in [4.69, 9.17) is 11.6 Å². The summed E-state index contributed by atoms with van der Waals surface area (Å²) in [7, 11) is 0. The van der Waals surface area contributed by atoms with Crippen LogP contribution >= 0.6 is 11.6 Å². The molecule has 0 bridgehead atoms. The molecule has 2 nitrogen and oxygen atoms in total. The average molecular weight is 410 g/mol. The minimum Gasteiger partial charge on any atom is -0.307 e. The molecule has 1 aliphatic rings. The molecule has 3 aromatic rings. The zero-order valence-corrected chi connectivity index (χ0v) is 17.2. The van der Waals surface area contributed by atoms with Crippen LogP contribution in [0.3, 0.4) is 0 Å². The number of hydrogen-bond donors (Lipinski definition) is 1. The first-order valence-corrected chi connectivity index (χ1v) is 10.6. The first kappa shape index (κ1) is 20.1. The summed E-state index contributed by atoms with van der Waals surface area (Å²) in [5.41, 5.74) is 2.33. The van der Waals surface area contributed by atoms with Crippen molar-refractivity contribution >= 4 is 27.6 Å². The highest BCUT2D eigenvalue weighted by Gasteiger charge is 2.38. The van der Waals surface area contributed by atoms with Crippen molar-refractivity contribution in [2.24, 2.45) is 5.92 Å². The molecule has 1 saturated carbocycles. The van der Waals surface area contributed by atoms with Gasteiger partial charge in [-0.2, -0.15) is 0 Å². The van der Waals surface area contributed by atoms with Crippen LogP contribution in [0, 0.1) is 11.7 Å². The predicted octanol–water partition coefficient (Wildman–Crippen LogP) is 6.35. The maximum absolute atomic E-state index is 13.4. The monoisotopic (exact) mass is 409 g/mol. The molecule has 0 heterocycles. The van der Waals surface area contributed by atoms with Gasteiger partial charge in [0, 0.05) is 18.5 Å². The first-order valence-electron chi connectivity index (χ1n) is 10.2. The van der Waals surface area contributed by atoms with Gasteiger partial charge >= 0.3 is 0 Å². The van der Waals surface area contributed by atoms with Crippen molar-refractivity contribution in [3.05, 3.63) is 83.7 Å². The molecule has 0 spiro atoms. The summed E-state index contributed by atoms with van der Waals surface area (Å²) in [6, 6.07) is 21.8. The van der Waals surface area contributed by atoms with Crippen molar-refractivity contribution in [1.29, 1.82) is 0 Å². The molecule has 0 amide bonds. The van der Waals surface area contributed by atoms with E-state index in [1.54, 1.807) is 0 Å². The third-order valence-electron chi connectivity index (χ3n) is 6.27. The van der Waals surface area contributed by atoms with Crippen LogP contribution < -0.4 is 5.32 Å². The average Bonchev–Trinajstić information content (AvgIpc) is 3.09. The predicted molar refractivity (Wildman–Crippen MR) is 117 cm³/mol. The number of halogens is 2. The molecule has 4 heteroatoms. The Balaban J connectivity index is 1.58. The quantitative estimate of drug-likeness (QED) is 0.481. The van der Waals surface area contributed by atoms with Crippen molar-refractivity contribution in [3.8, 4) is 0 Å². The molecule has 4 rings (SSSR count). The number of carbonyl (C=O) groups is 1. The number of carbonyl (C=O) groups excluding carboxylic acids is 1. The van der Waals surface area contributed by atoms with E-state index >= 15 is 0 Å². The van der Waals surface area contributed by atoms with Crippen LogP contribution in [-0.4, -0.2) is 11.3 Å². The lowest BCUT2D eigenvalue weighted by Crippen LogP contribution is -2.36. The Bertz CT molecular complexity index is 998. The Hall–Kier alpha value is -2.23.